The Kier molecular flexibility index (Phi) is 7.74. The first-order valence-electron chi connectivity index (χ1n) is 5.27. The van der Waals surface area contributed by atoms with E-state index in [0.717, 1.165) is 11.8 Å². The highest BCUT2D eigenvalue weighted by Crippen LogP contribution is 2.31. The average Bonchev–Trinajstić information content (AvgIpc) is 2.26. The van der Waals surface area contributed by atoms with E-state index in [4.69, 9.17) is 0 Å². The van der Waals surface area contributed by atoms with Gasteiger partial charge in [-0.3, -0.25) is 4.79 Å². The van der Waals surface area contributed by atoms with Crippen LogP contribution in [0.1, 0.15) is 32.6 Å². The summed E-state index contributed by atoms with van der Waals surface area (Å²) in [7, 11) is 0. The standard InChI is InChI=1S/C10H15F5OS/c1-2-7(16)17-6-4-3-5-10(14,15)8(11)9(12)13/h8-9H,2-6H2,1H3. The van der Waals surface area contributed by atoms with E-state index in [1.807, 2.05) is 0 Å². The second kappa shape index (κ2) is 7.89. The highest BCUT2D eigenvalue weighted by atomic mass is 32.2. The van der Waals surface area contributed by atoms with Crippen LogP contribution in [0.2, 0.25) is 0 Å². The molecule has 0 N–H and O–H groups in total. The van der Waals surface area contributed by atoms with Crippen LogP contribution < -0.4 is 0 Å². The van der Waals surface area contributed by atoms with E-state index in [9.17, 15) is 26.7 Å². The van der Waals surface area contributed by atoms with Crippen molar-refractivity contribution in [2.24, 2.45) is 0 Å². The van der Waals surface area contributed by atoms with Crippen LogP contribution in [0.5, 0.6) is 0 Å². The number of unbranched alkanes of at least 4 members (excludes halogenated alkanes) is 1. The molecule has 1 nitrogen and oxygen atoms in total. The van der Waals surface area contributed by atoms with Crippen LogP contribution >= 0.6 is 11.8 Å². The zero-order valence-electron chi connectivity index (χ0n) is 9.40. The second-order valence-corrected chi connectivity index (χ2v) is 4.68. The summed E-state index contributed by atoms with van der Waals surface area (Å²) in [5, 5.41) is -0.0484. The Labute approximate surface area is 101 Å². The molecule has 1 atom stereocenters. The third-order valence-corrected chi connectivity index (χ3v) is 3.18. The molecule has 0 aromatic rings. The Morgan fingerprint density at radius 3 is 2.29 bits per heavy atom. The number of alkyl halides is 5. The molecule has 0 bridgehead atoms. The maximum absolute atomic E-state index is 12.8. The molecule has 0 aromatic carbocycles. The molecule has 0 fully saturated rings. The predicted molar refractivity (Wildman–Crippen MR) is 57.5 cm³/mol. The van der Waals surface area contributed by atoms with Gasteiger partial charge in [-0.15, -0.1) is 0 Å². The van der Waals surface area contributed by atoms with Crippen molar-refractivity contribution in [1.82, 2.24) is 0 Å². The van der Waals surface area contributed by atoms with Crippen LogP contribution in [0.15, 0.2) is 0 Å². The van der Waals surface area contributed by atoms with Crippen molar-refractivity contribution in [3.63, 3.8) is 0 Å². The van der Waals surface area contributed by atoms with Crippen molar-refractivity contribution in [1.29, 1.82) is 0 Å². The number of halogens is 5. The minimum Gasteiger partial charge on any atom is -0.287 e. The fourth-order valence-corrected chi connectivity index (χ4v) is 1.85. The van der Waals surface area contributed by atoms with Gasteiger partial charge in [-0.25, -0.2) is 22.0 Å². The summed E-state index contributed by atoms with van der Waals surface area (Å²) in [6.07, 6.45) is -7.43. The van der Waals surface area contributed by atoms with Crippen LogP contribution in [-0.4, -0.2) is 29.4 Å². The predicted octanol–water partition coefficient (Wildman–Crippen LogP) is 4.07. The monoisotopic (exact) mass is 278 g/mol. The third-order valence-electron chi connectivity index (χ3n) is 2.08. The van der Waals surface area contributed by atoms with Crippen molar-refractivity contribution in [3.05, 3.63) is 0 Å². The fourth-order valence-electron chi connectivity index (χ4n) is 1.07. The first-order chi connectivity index (χ1) is 7.81. The van der Waals surface area contributed by atoms with Gasteiger partial charge in [0.25, 0.3) is 12.3 Å². The molecule has 0 aliphatic heterocycles. The molecule has 0 aliphatic rings. The summed E-state index contributed by atoms with van der Waals surface area (Å²) >= 11 is 1.02. The molecule has 7 heteroatoms. The van der Waals surface area contributed by atoms with E-state index in [1.54, 1.807) is 6.92 Å². The van der Waals surface area contributed by atoms with E-state index >= 15 is 0 Å². The Balaban J connectivity index is 3.76. The average molecular weight is 278 g/mol. The number of hydrogen-bond acceptors (Lipinski definition) is 2. The van der Waals surface area contributed by atoms with Crippen LogP contribution in [-0.2, 0) is 4.79 Å². The highest BCUT2D eigenvalue weighted by Gasteiger charge is 2.45. The molecule has 0 heterocycles. The molecule has 0 amide bonds. The van der Waals surface area contributed by atoms with Gasteiger partial charge in [0.15, 0.2) is 5.12 Å². The van der Waals surface area contributed by atoms with E-state index in [2.05, 4.69) is 0 Å². The van der Waals surface area contributed by atoms with E-state index in [0.29, 0.717) is 12.2 Å². The van der Waals surface area contributed by atoms with Gasteiger partial charge >= 0.3 is 0 Å². The molecule has 0 rings (SSSR count). The molecular weight excluding hydrogens is 263 g/mol. The number of rotatable bonds is 8. The minimum atomic E-state index is -3.99. The van der Waals surface area contributed by atoms with E-state index in [1.165, 1.54) is 0 Å². The molecular formula is C10H15F5OS. The smallest absolute Gasteiger partial charge is 0.284 e. The Morgan fingerprint density at radius 1 is 1.24 bits per heavy atom. The van der Waals surface area contributed by atoms with Gasteiger partial charge in [0.05, 0.1) is 0 Å². The van der Waals surface area contributed by atoms with Gasteiger partial charge < -0.3 is 0 Å². The number of thioether (sulfide) groups is 1. The Bertz CT molecular complexity index is 235. The molecule has 0 radical (unpaired) electrons. The van der Waals surface area contributed by atoms with Gasteiger partial charge in [-0.2, -0.15) is 0 Å². The highest BCUT2D eigenvalue weighted by molar-refractivity contribution is 8.13. The lowest BCUT2D eigenvalue weighted by molar-refractivity contribution is -0.131. The zero-order chi connectivity index (χ0) is 13.5. The molecule has 17 heavy (non-hydrogen) atoms. The molecule has 0 spiro atoms. The Hall–Kier alpha value is -0.330. The maximum atomic E-state index is 12.8. The molecule has 0 saturated carbocycles. The maximum Gasteiger partial charge on any atom is 0.284 e. The van der Waals surface area contributed by atoms with Crippen LogP contribution in [0.4, 0.5) is 22.0 Å². The summed E-state index contributed by atoms with van der Waals surface area (Å²) in [5.41, 5.74) is 0. The largest absolute Gasteiger partial charge is 0.287 e. The summed E-state index contributed by atoms with van der Waals surface area (Å²) in [5.74, 6) is -3.64. The quantitative estimate of drug-likeness (QED) is 0.492. The molecule has 1 unspecified atom stereocenters. The lowest BCUT2D eigenvalue weighted by atomic mass is 10.1. The second-order valence-electron chi connectivity index (χ2n) is 3.53. The minimum absolute atomic E-state index is 0.0484. The summed E-state index contributed by atoms with van der Waals surface area (Å²) in [6.45, 7) is 1.68. The van der Waals surface area contributed by atoms with Crippen molar-refractivity contribution in [3.8, 4) is 0 Å². The summed E-state index contributed by atoms with van der Waals surface area (Å²) < 4.78 is 61.5. The van der Waals surface area contributed by atoms with E-state index < -0.39 is 24.9 Å². The lowest BCUT2D eigenvalue weighted by Crippen LogP contribution is -2.35. The SMILES string of the molecule is CCC(=O)SCCCCC(F)(F)C(F)C(F)F. The molecule has 0 saturated heterocycles. The van der Waals surface area contributed by atoms with Gasteiger partial charge in [0, 0.05) is 18.6 Å². The van der Waals surface area contributed by atoms with Crippen LogP contribution in [0.3, 0.4) is 0 Å². The first kappa shape index (κ1) is 16.7. The third kappa shape index (κ3) is 6.85. The van der Waals surface area contributed by atoms with Crippen molar-refractivity contribution in [2.45, 2.75) is 51.1 Å². The normalized spacial score (nSPS) is 14.1. The lowest BCUT2D eigenvalue weighted by Gasteiger charge is -2.19. The molecule has 0 aliphatic carbocycles. The zero-order valence-corrected chi connectivity index (χ0v) is 10.2. The topological polar surface area (TPSA) is 17.1 Å². The van der Waals surface area contributed by atoms with Gasteiger partial charge in [0.1, 0.15) is 0 Å². The molecule has 0 aromatic heterocycles. The number of carbonyl (C=O) groups excluding carboxylic acids is 1. The van der Waals surface area contributed by atoms with Crippen LogP contribution in [0.25, 0.3) is 0 Å². The summed E-state index contributed by atoms with van der Waals surface area (Å²) in [4.78, 5) is 10.8. The van der Waals surface area contributed by atoms with Crippen molar-refractivity contribution in [2.75, 3.05) is 5.75 Å². The van der Waals surface area contributed by atoms with Gasteiger partial charge in [0.2, 0.25) is 6.17 Å². The Morgan fingerprint density at radius 2 is 1.82 bits per heavy atom. The fraction of sp³-hybridized carbons (Fsp3) is 0.900. The number of carbonyl (C=O) groups is 1. The van der Waals surface area contributed by atoms with Crippen molar-refractivity contribution >= 4 is 16.9 Å². The van der Waals surface area contributed by atoms with Gasteiger partial charge in [-0.05, 0) is 12.8 Å². The van der Waals surface area contributed by atoms with E-state index in [-0.39, 0.29) is 18.0 Å². The van der Waals surface area contributed by atoms with Crippen LogP contribution in [0, 0.1) is 0 Å². The van der Waals surface area contributed by atoms with Crippen molar-refractivity contribution < 1.29 is 26.7 Å². The number of hydrogen-bond donors (Lipinski definition) is 0. The molecule has 102 valence electrons. The first-order valence-corrected chi connectivity index (χ1v) is 6.25. The van der Waals surface area contributed by atoms with Gasteiger partial charge in [-0.1, -0.05) is 18.7 Å². The summed E-state index contributed by atoms with van der Waals surface area (Å²) in [6, 6.07) is 0.